The third kappa shape index (κ3) is 4.89. The number of aromatic nitrogens is 3. The average Bonchev–Trinajstić information content (AvgIpc) is 3.16. The van der Waals surface area contributed by atoms with Gasteiger partial charge in [-0.25, -0.2) is 4.68 Å². The van der Waals surface area contributed by atoms with Crippen molar-refractivity contribution in [3.63, 3.8) is 0 Å². The van der Waals surface area contributed by atoms with Gasteiger partial charge in [-0.15, -0.1) is 17.7 Å². The van der Waals surface area contributed by atoms with Crippen LogP contribution in [0.4, 0.5) is 19.1 Å². The van der Waals surface area contributed by atoms with Crippen LogP contribution in [0.5, 0.6) is 11.8 Å². The van der Waals surface area contributed by atoms with Gasteiger partial charge in [0.25, 0.3) is 0 Å². The molecule has 2 bridgehead atoms. The first-order valence-corrected chi connectivity index (χ1v) is 11.7. The Balaban J connectivity index is 1.50. The number of anilines is 1. The molecule has 2 aromatic rings. The molecule has 0 amide bonds. The molecule has 7 nitrogen and oxygen atoms in total. The molecule has 0 spiro atoms. The summed E-state index contributed by atoms with van der Waals surface area (Å²) < 4.78 is 46.5. The zero-order chi connectivity index (χ0) is 24.8. The van der Waals surface area contributed by atoms with E-state index in [1.165, 1.54) is 12.1 Å². The van der Waals surface area contributed by atoms with Gasteiger partial charge in [-0.2, -0.15) is 18.2 Å². The molecule has 184 valence electrons. The fraction of sp³-hybridized carbons (Fsp3) is 0.522. The molecule has 3 aliphatic rings. The first-order chi connectivity index (χ1) is 15.9. The summed E-state index contributed by atoms with van der Waals surface area (Å²) in [5, 5.41) is 16.4. The van der Waals surface area contributed by atoms with Crippen LogP contribution >= 0.6 is 12.6 Å². The molecule has 2 aliphatic heterocycles. The first-order valence-electron chi connectivity index (χ1n) is 11.2. The summed E-state index contributed by atoms with van der Waals surface area (Å²) >= 11 is 4.55. The zero-order valence-corrected chi connectivity index (χ0v) is 20.4. The molecule has 2 saturated heterocycles. The minimum Gasteiger partial charge on any atom is -0.424 e. The molecule has 1 aliphatic carbocycles. The van der Waals surface area contributed by atoms with Gasteiger partial charge >= 0.3 is 12.2 Å². The number of alkyl halides is 3. The molecule has 5 rings (SSSR count). The SMILES string of the molecule is CC(=N)/C=C(\S)N1CC2[C@@H](Nc3nc(Oc4cccc(C(F)(F)F)c4)n(C(C)C)n3)[C@H](C1)[C@H]2C. The number of nitrogens with zero attached hydrogens (tertiary/aromatic N) is 4. The Hall–Kier alpha value is -2.69. The number of thiol groups is 1. The van der Waals surface area contributed by atoms with Gasteiger partial charge in [0.2, 0.25) is 5.95 Å². The highest BCUT2D eigenvalue weighted by Crippen LogP contribution is 2.47. The second-order valence-electron chi connectivity index (χ2n) is 9.33. The summed E-state index contributed by atoms with van der Waals surface area (Å²) in [5.41, 5.74) is -0.320. The first kappa shape index (κ1) is 24.4. The van der Waals surface area contributed by atoms with Crippen molar-refractivity contribution < 1.29 is 17.9 Å². The van der Waals surface area contributed by atoms with Crippen molar-refractivity contribution in [1.82, 2.24) is 19.7 Å². The predicted octanol–water partition coefficient (Wildman–Crippen LogP) is 5.46. The predicted molar refractivity (Wildman–Crippen MR) is 128 cm³/mol. The lowest BCUT2D eigenvalue weighted by Crippen LogP contribution is -2.65. The van der Waals surface area contributed by atoms with E-state index in [2.05, 4.69) is 39.9 Å². The number of hydrogen-bond donors (Lipinski definition) is 3. The maximum Gasteiger partial charge on any atom is 0.416 e. The molecule has 0 radical (unpaired) electrons. The van der Waals surface area contributed by atoms with Crippen LogP contribution in [0.1, 0.15) is 39.3 Å². The molecular formula is C23H29F3N6OS. The molecular weight excluding hydrogens is 465 g/mol. The maximum atomic E-state index is 13.1. The van der Waals surface area contributed by atoms with Crippen LogP contribution in [-0.2, 0) is 6.18 Å². The summed E-state index contributed by atoms with van der Waals surface area (Å²) in [6.07, 6.45) is -2.70. The van der Waals surface area contributed by atoms with Gasteiger partial charge in [0.05, 0.1) is 16.6 Å². The molecule has 4 atom stereocenters. The molecule has 3 fully saturated rings. The fourth-order valence-corrected chi connectivity index (χ4v) is 5.10. The molecule has 11 heteroatoms. The van der Waals surface area contributed by atoms with E-state index in [0.717, 1.165) is 30.3 Å². The highest BCUT2D eigenvalue weighted by atomic mass is 32.1. The summed E-state index contributed by atoms with van der Waals surface area (Å²) in [6, 6.07) is 4.95. The molecule has 1 unspecified atom stereocenters. The number of rotatable bonds is 7. The Morgan fingerprint density at radius 2 is 1.97 bits per heavy atom. The van der Waals surface area contributed by atoms with Gasteiger partial charge < -0.3 is 20.4 Å². The average molecular weight is 495 g/mol. The van der Waals surface area contributed by atoms with E-state index in [1.807, 2.05) is 13.8 Å². The Morgan fingerprint density at radius 1 is 1.29 bits per heavy atom. The lowest BCUT2D eigenvalue weighted by atomic mass is 9.58. The third-order valence-electron chi connectivity index (χ3n) is 6.56. The lowest BCUT2D eigenvalue weighted by Gasteiger charge is -2.58. The van der Waals surface area contributed by atoms with E-state index in [-0.39, 0.29) is 23.8 Å². The number of halogens is 3. The van der Waals surface area contributed by atoms with Crippen molar-refractivity contribution in [3.8, 4) is 11.8 Å². The van der Waals surface area contributed by atoms with E-state index in [4.69, 9.17) is 10.1 Å². The summed E-state index contributed by atoms with van der Waals surface area (Å²) in [6.45, 7) is 9.40. The van der Waals surface area contributed by atoms with Crippen molar-refractivity contribution in [1.29, 1.82) is 5.41 Å². The summed E-state index contributed by atoms with van der Waals surface area (Å²) in [4.78, 5) is 6.65. The molecule has 2 N–H and O–H groups in total. The van der Waals surface area contributed by atoms with Crippen molar-refractivity contribution >= 4 is 24.3 Å². The van der Waals surface area contributed by atoms with E-state index in [9.17, 15) is 13.2 Å². The van der Waals surface area contributed by atoms with Crippen LogP contribution < -0.4 is 10.1 Å². The number of ether oxygens (including phenoxy) is 1. The maximum absolute atomic E-state index is 13.1. The van der Waals surface area contributed by atoms with Gasteiger partial charge in [-0.05, 0) is 62.8 Å². The molecule has 1 aromatic carbocycles. The lowest BCUT2D eigenvalue weighted by molar-refractivity contribution is -0.137. The Kier molecular flexibility index (Phi) is 6.58. The fourth-order valence-electron chi connectivity index (χ4n) is 4.74. The van der Waals surface area contributed by atoms with E-state index >= 15 is 0 Å². The van der Waals surface area contributed by atoms with E-state index in [0.29, 0.717) is 29.4 Å². The van der Waals surface area contributed by atoms with Crippen LogP contribution in [0.3, 0.4) is 0 Å². The van der Waals surface area contributed by atoms with Crippen LogP contribution in [0, 0.1) is 23.2 Å². The minimum absolute atomic E-state index is 0.0510. The number of allylic oxidation sites excluding steroid dienone is 1. The van der Waals surface area contributed by atoms with Crippen molar-refractivity contribution in [2.45, 2.75) is 46.0 Å². The van der Waals surface area contributed by atoms with Gasteiger partial charge in [0.15, 0.2) is 0 Å². The number of fused-ring (bicyclic) bond motifs is 2. The smallest absolute Gasteiger partial charge is 0.416 e. The van der Waals surface area contributed by atoms with Crippen LogP contribution in [0.15, 0.2) is 35.4 Å². The minimum atomic E-state index is -4.45. The van der Waals surface area contributed by atoms with E-state index in [1.54, 1.807) is 17.7 Å². The highest BCUT2D eigenvalue weighted by Gasteiger charge is 2.53. The monoisotopic (exact) mass is 494 g/mol. The normalized spacial score (nSPS) is 24.7. The standard InChI is InChI=1S/C23H29F3N6OS/c1-12(2)32-22(33-16-7-5-6-15(9-16)23(24,25)26)29-21(30-32)28-20-17-10-31(11-18(20)14(17)4)19(34)8-13(3)27/h5-9,12,14,17-18,20,27,34H,10-11H2,1-4H3,(H,28,30)/b19-8-,27-13?/t14-,17-,18?,20+/m1/s1. The number of piperidine rings is 2. The highest BCUT2D eigenvalue weighted by molar-refractivity contribution is 7.84. The topological polar surface area (TPSA) is 79.1 Å². The summed E-state index contributed by atoms with van der Waals surface area (Å²) in [7, 11) is 0. The largest absolute Gasteiger partial charge is 0.424 e. The Morgan fingerprint density at radius 3 is 2.56 bits per heavy atom. The molecule has 34 heavy (non-hydrogen) atoms. The van der Waals surface area contributed by atoms with Crippen LogP contribution in [0.2, 0.25) is 0 Å². The van der Waals surface area contributed by atoms with Gasteiger partial charge in [0, 0.05) is 24.8 Å². The molecule has 1 aromatic heterocycles. The molecule has 3 heterocycles. The Bertz CT molecular complexity index is 1080. The quantitative estimate of drug-likeness (QED) is 0.352. The number of hydrogen-bond acceptors (Lipinski definition) is 7. The number of benzene rings is 1. The van der Waals surface area contributed by atoms with Gasteiger partial charge in [0.1, 0.15) is 5.75 Å². The third-order valence-corrected chi connectivity index (χ3v) is 6.97. The molecule has 1 saturated carbocycles. The van der Waals surface area contributed by atoms with Crippen LogP contribution in [0.25, 0.3) is 0 Å². The number of nitrogens with one attached hydrogen (secondary N) is 2. The van der Waals surface area contributed by atoms with Gasteiger partial charge in [-0.1, -0.05) is 13.0 Å². The van der Waals surface area contributed by atoms with Crippen LogP contribution in [-0.4, -0.2) is 44.5 Å². The second-order valence-corrected chi connectivity index (χ2v) is 9.79. The van der Waals surface area contributed by atoms with Crippen molar-refractivity contribution in [2.75, 3.05) is 18.4 Å². The second kappa shape index (κ2) is 9.16. The van der Waals surface area contributed by atoms with Gasteiger partial charge in [-0.3, -0.25) is 0 Å². The summed E-state index contributed by atoms with van der Waals surface area (Å²) in [5.74, 6) is 1.70. The van der Waals surface area contributed by atoms with Crippen molar-refractivity contribution in [3.05, 3.63) is 40.9 Å². The van der Waals surface area contributed by atoms with Crippen molar-refractivity contribution in [2.24, 2.45) is 17.8 Å². The zero-order valence-electron chi connectivity index (χ0n) is 19.5. The van der Waals surface area contributed by atoms with E-state index < -0.39 is 11.7 Å². The Labute approximate surface area is 202 Å².